The number of aromatic amines is 1. The van der Waals surface area contributed by atoms with Gasteiger partial charge in [-0.15, -0.1) is 0 Å². The van der Waals surface area contributed by atoms with E-state index < -0.39 is 36.0 Å². The van der Waals surface area contributed by atoms with Crippen molar-refractivity contribution in [1.29, 1.82) is 0 Å². The van der Waals surface area contributed by atoms with E-state index in [1.54, 1.807) is 24.4 Å². The lowest BCUT2D eigenvalue weighted by atomic mass is 10.0. The Bertz CT molecular complexity index is 1180. The molecule has 32 heavy (non-hydrogen) atoms. The maximum Gasteiger partial charge on any atom is 0.329 e. The minimum atomic E-state index is -1.31. The van der Waals surface area contributed by atoms with Gasteiger partial charge in [-0.3, -0.25) is 14.9 Å². The van der Waals surface area contributed by atoms with Crippen LogP contribution in [0.5, 0.6) is 0 Å². The standard InChI is InChI=1S/C22H21ClN4O5/c1-12(19(28)27-22(24)31)32-21(30)18(26-20(29)15-7-2-4-8-16(15)23)10-13-11-25-17-9-5-3-6-14(13)17/h2-9,11-12,18,25H,10H2,1H3,(H,26,29)(H3,24,27,28,31)/t12-,18-/m0/s1. The number of halogens is 1. The Labute approximate surface area is 188 Å². The van der Waals surface area contributed by atoms with Gasteiger partial charge < -0.3 is 20.8 Å². The third-order valence-corrected chi connectivity index (χ3v) is 5.05. The van der Waals surface area contributed by atoms with Crippen LogP contribution in [0.2, 0.25) is 5.02 Å². The fourth-order valence-electron chi connectivity index (χ4n) is 3.13. The van der Waals surface area contributed by atoms with Crippen LogP contribution in [0.4, 0.5) is 4.79 Å². The summed E-state index contributed by atoms with van der Waals surface area (Å²) in [5.74, 6) is -2.32. The highest BCUT2D eigenvalue weighted by atomic mass is 35.5. The predicted octanol–water partition coefficient (Wildman–Crippen LogP) is 2.29. The average molecular weight is 457 g/mol. The number of benzene rings is 2. The van der Waals surface area contributed by atoms with Gasteiger partial charge in [0.2, 0.25) is 0 Å². The van der Waals surface area contributed by atoms with Gasteiger partial charge in [0.05, 0.1) is 10.6 Å². The van der Waals surface area contributed by atoms with E-state index in [1.807, 2.05) is 29.6 Å². The van der Waals surface area contributed by atoms with Crippen molar-refractivity contribution in [2.75, 3.05) is 0 Å². The van der Waals surface area contributed by atoms with E-state index in [-0.39, 0.29) is 17.0 Å². The molecule has 0 radical (unpaired) electrons. The molecule has 3 rings (SSSR count). The molecule has 0 saturated carbocycles. The van der Waals surface area contributed by atoms with Gasteiger partial charge in [0.1, 0.15) is 6.04 Å². The molecule has 10 heteroatoms. The molecule has 0 aliphatic carbocycles. The zero-order chi connectivity index (χ0) is 23.3. The largest absolute Gasteiger partial charge is 0.451 e. The van der Waals surface area contributed by atoms with Gasteiger partial charge in [0, 0.05) is 23.5 Å². The second-order valence-electron chi connectivity index (χ2n) is 7.00. The van der Waals surface area contributed by atoms with Crippen molar-refractivity contribution >= 4 is 46.3 Å². The van der Waals surface area contributed by atoms with E-state index >= 15 is 0 Å². The van der Waals surface area contributed by atoms with Crippen molar-refractivity contribution in [2.45, 2.75) is 25.5 Å². The Morgan fingerprint density at radius 1 is 1.09 bits per heavy atom. The van der Waals surface area contributed by atoms with Gasteiger partial charge in [-0.25, -0.2) is 9.59 Å². The summed E-state index contributed by atoms with van der Waals surface area (Å²) in [5.41, 5.74) is 6.73. The molecule has 0 aliphatic heterocycles. The Morgan fingerprint density at radius 2 is 1.78 bits per heavy atom. The van der Waals surface area contributed by atoms with Crippen molar-refractivity contribution in [3.05, 3.63) is 70.9 Å². The lowest BCUT2D eigenvalue weighted by molar-refractivity contribution is -0.156. The summed E-state index contributed by atoms with van der Waals surface area (Å²) in [6.07, 6.45) is 0.511. The molecular weight excluding hydrogens is 436 g/mol. The number of aromatic nitrogens is 1. The lowest BCUT2D eigenvalue weighted by Gasteiger charge is -2.20. The normalized spacial score (nSPS) is 12.6. The Hall–Kier alpha value is -3.85. The molecule has 3 aromatic rings. The smallest absolute Gasteiger partial charge is 0.329 e. The minimum Gasteiger partial charge on any atom is -0.451 e. The third-order valence-electron chi connectivity index (χ3n) is 4.72. The maximum atomic E-state index is 12.9. The summed E-state index contributed by atoms with van der Waals surface area (Å²) < 4.78 is 5.19. The number of hydrogen-bond acceptors (Lipinski definition) is 5. The number of carbonyl (C=O) groups excluding carboxylic acids is 4. The number of hydrogen-bond donors (Lipinski definition) is 4. The molecule has 2 aromatic carbocycles. The fourth-order valence-corrected chi connectivity index (χ4v) is 3.35. The van der Waals surface area contributed by atoms with Crippen LogP contribution in [0, 0.1) is 0 Å². The topological polar surface area (TPSA) is 143 Å². The van der Waals surface area contributed by atoms with Gasteiger partial charge in [0.15, 0.2) is 6.10 Å². The first-order chi connectivity index (χ1) is 15.3. The second kappa shape index (κ2) is 9.97. The summed E-state index contributed by atoms with van der Waals surface area (Å²) in [4.78, 5) is 51.5. The molecule has 0 aliphatic rings. The van der Waals surface area contributed by atoms with Crippen molar-refractivity contribution in [2.24, 2.45) is 5.73 Å². The van der Waals surface area contributed by atoms with E-state index in [9.17, 15) is 19.2 Å². The van der Waals surface area contributed by atoms with E-state index in [1.165, 1.54) is 13.0 Å². The highest BCUT2D eigenvalue weighted by molar-refractivity contribution is 6.33. The third kappa shape index (κ3) is 5.44. The SMILES string of the molecule is C[C@H](OC(=O)[C@H](Cc1c[nH]c2ccccc12)NC(=O)c1ccccc1Cl)C(=O)NC(N)=O. The summed E-state index contributed by atoms with van der Waals surface area (Å²) in [6, 6.07) is 11.7. The number of esters is 1. The summed E-state index contributed by atoms with van der Waals surface area (Å²) in [5, 5.41) is 5.56. The Kier molecular flexibility index (Phi) is 7.11. The Balaban J connectivity index is 1.83. The number of para-hydroxylation sites is 1. The number of rotatable bonds is 7. The van der Waals surface area contributed by atoms with Gasteiger partial charge in [0.25, 0.3) is 11.8 Å². The zero-order valence-corrected chi connectivity index (χ0v) is 17.8. The average Bonchev–Trinajstić information content (AvgIpc) is 3.15. The second-order valence-corrected chi connectivity index (χ2v) is 7.41. The van der Waals surface area contributed by atoms with Crippen molar-refractivity contribution in [3.8, 4) is 0 Å². The van der Waals surface area contributed by atoms with Gasteiger partial charge in [-0.2, -0.15) is 0 Å². The fraction of sp³-hybridized carbons (Fsp3) is 0.182. The van der Waals surface area contributed by atoms with Crippen LogP contribution in [-0.4, -0.2) is 40.9 Å². The van der Waals surface area contributed by atoms with Crippen molar-refractivity contribution in [1.82, 2.24) is 15.6 Å². The number of carbonyl (C=O) groups is 4. The van der Waals surface area contributed by atoms with Gasteiger partial charge >= 0.3 is 12.0 Å². The lowest BCUT2D eigenvalue weighted by Crippen LogP contribution is -2.47. The van der Waals surface area contributed by atoms with Crippen molar-refractivity contribution in [3.63, 3.8) is 0 Å². The first kappa shape index (κ1) is 22.8. The van der Waals surface area contributed by atoms with Crippen LogP contribution in [0.1, 0.15) is 22.8 Å². The summed E-state index contributed by atoms with van der Waals surface area (Å²) in [7, 11) is 0. The molecule has 1 aromatic heterocycles. The number of amides is 4. The first-order valence-electron chi connectivity index (χ1n) is 9.67. The number of urea groups is 1. The number of nitrogens with two attached hydrogens (primary N) is 1. The van der Waals surface area contributed by atoms with Crippen molar-refractivity contribution < 1.29 is 23.9 Å². The predicted molar refractivity (Wildman–Crippen MR) is 118 cm³/mol. The Morgan fingerprint density at radius 3 is 2.50 bits per heavy atom. The van der Waals surface area contributed by atoms with E-state index in [0.717, 1.165) is 16.5 Å². The molecule has 0 bridgehead atoms. The molecule has 166 valence electrons. The molecule has 0 unspecified atom stereocenters. The molecule has 9 nitrogen and oxygen atoms in total. The number of ether oxygens (including phenoxy) is 1. The highest BCUT2D eigenvalue weighted by Crippen LogP contribution is 2.20. The van der Waals surface area contributed by atoms with Crippen LogP contribution in [0.15, 0.2) is 54.7 Å². The molecule has 4 amide bonds. The van der Waals surface area contributed by atoms with Crippen LogP contribution < -0.4 is 16.4 Å². The highest BCUT2D eigenvalue weighted by Gasteiger charge is 2.28. The molecule has 0 saturated heterocycles. The van der Waals surface area contributed by atoms with Crippen LogP contribution >= 0.6 is 11.6 Å². The number of nitrogens with one attached hydrogen (secondary N) is 3. The van der Waals surface area contributed by atoms with Crippen LogP contribution in [-0.2, 0) is 20.7 Å². The summed E-state index contributed by atoms with van der Waals surface area (Å²) >= 11 is 6.10. The molecule has 1 heterocycles. The quantitative estimate of drug-likeness (QED) is 0.403. The molecule has 5 N–H and O–H groups in total. The van der Waals surface area contributed by atoms with Crippen LogP contribution in [0.3, 0.4) is 0 Å². The van der Waals surface area contributed by atoms with E-state index in [2.05, 4.69) is 10.3 Å². The maximum absolute atomic E-state index is 12.9. The molecule has 2 atom stereocenters. The number of primary amides is 1. The first-order valence-corrected chi connectivity index (χ1v) is 10.0. The monoisotopic (exact) mass is 456 g/mol. The summed E-state index contributed by atoms with van der Waals surface area (Å²) in [6.45, 7) is 1.29. The zero-order valence-electron chi connectivity index (χ0n) is 17.1. The number of H-pyrrole nitrogens is 1. The van der Waals surface area contributed by atoms with Crippen LogP contribution in [0.25, 0.3) is 10.9 Å². The molecular formula is C22H21ClN4O5. The minimum absolute atomic E-state index is 0.0865. The van der Waals surface area contributed by atoms with Gasteiger partial charge in [-0.1, -0.05) is 41.9 Å². The number of imide groups is 1. The van der Waals surface area contributed by atoms with E-state index in [4.69, 9.17) is 22.1 Å². The van der Waals surface area contributed by atoms with E-state index in [0.29, 0.717) is 0 Å². The molecule has 0 fully saturated rings. The molecule has 0 spiro atoms. The number of fused-ring (bicyclic) bond motifs is 1. The van der Waals surface area contributed by atoms with Gasteiger partial charge in [-0.05, 0) is 30.7 Å².